The van der Waals surface area contributed by atoms with Crippen molar-refractivity contribution in [3.63, 3.8) is 0 Å². The number of phenols is 1. The zero-order valence-corrected chi connectivity index (χ0v) is 23.8. The zero-order chi connectivity index (χ0) is 27.8. The first-order valence-electron chi connectivity index (χ1n) is 12.9. The highest BCUT2D eigenvalue weighted by molar-refractivity contribution is 5.92. The van der Waals surface area contributed by atoms with Crippen LogP contribution in [0, 0.1) is 12.8 Å². The van der Waals surface area contributed by atoms with Gasteiger partial charge in [0, 0.05) is 12.1 Å². The molecule has 0 fully saturated rings. The molecule has 204 valence electrons. The van der Waals surface area contributed by atoms with E-state index in [2.05, 4.69) is 17.6 Å². The van der Waals surface area contributed by atoms with Crippen LogP contribution < -0.4 is 10.6 Å². The molecule has 2 atom stereocenters. The first-order valence-corrected chi connectivity index (χ1v) is 12.9. The van der Waals surface area contributed by atoms with Gasteiger partial charge < -0.3 is 25.4 Å². The van der Waals surface area contributed by atoms with Crippen molar-refractivity contribution < 1.29 is 24.2 Å². The summed E-state index contributed by atoms with van der Waals surface area (Å²) in [5.74, 6) is -0.806. The second-order valence-electron chi connectivity index (χ2n) is 11.8. The molecule has 36 heavy (non-hydrogen) atoms. The molecule has 0 radical (unpaired) electrons. The van der Waals surface area contributed by atoms with Gasteiger partial charge in [-0.2, -0.15) is 0 Å². The Hall–Kier alpha value is -2.77. The van der Waals surface area contributed by atoms with Crippen LogP contribution in [0.2, 0.25) is 0 Å². The van der Waals surface area contributed by atoms with Gasteiger partial charge in [-0.1, -0.05) is 39.7 Å². The summed E-state index contributed by atoms with van der Waals surface area (Å²) < 4.78 is 5.41. The zero-order valence-electron chi connectivity index (χ0n) is 23.8. The van der Waals surface area contributed by atoms with Crippen molar-refractivity contribution in [2.45, 2.75) is 112 Å². The Labute approximate surface area is 217 Å². The minimum absolute atomic E-state index is 0.115. The molecule has 0 aromatic heterocycles. The number of amides is 3. The van der Waals surface area contributed by atoms with Crippen LogP contribution in [0.1, 0.15) is 98.7 Å². The smallest absolute Gasteiger partial charge is 0.408 e. The number of carbonyl (C=O) groups is 3. The van der Waals surface area contributed by atoms with Crippen LogP contribution in [0.3, 0.4) is 0 Å². The van der Waals surface area contributed by atoms with Crippen molar-refractivity contribution in [2.75, 3.05) is 6.54 Å². The Bertz CT molecular complexity index is 899. The van der Waals surface area contributed by atoms with E-state index in [9.17, 15) is 19.5 Å². The van der Waals surface area contributed by atoms with E-state index in [0.29, 0.717) is 24.1 Å². The number of carbonyl (C=O) groups excluding carboxylic acids is 3. The fourth-order valence-corrected chi connectivity index (χ4v) is 3.78. The number of benzene rings is 1. The lowest BCUT2D eigenvalue weighted by atomic mass is 9.96. The molecule has 8 heteroatoms. The summed E-state index contributed by atoms with van der Waals surface area (Å²) in [4.78, 5) is 41.9. The van der Waals surface area contributed by atoms with E-state index >= 15 is 0 Å². The van der Waals surface area contributed by atoms with Crippen LogP contribution in [0.5, 0.6) is 5.75 Å². The number of alkyl carbamates (subject to hydrolysis) is 1. The third-order valence-corrected chi connectivity index (χ3v) is 5.49. The van der Waals surface area contributed by atoms with Crippen molar-refractivity contribution in [3.05, 3.63) is 29.3 Å². The maximum atomic E-state index is 14.0. The normalized spacial score (nSPS) is 13.6. The summed E-state index contributed by atoms with van der Waals surface area (Å²) in [7, 11) is 0. The van der Waals surface area contributed by atoms with Crippen LogP contribution >= 0.6 is 0 Å². The van der Waals surface area contributed by atoms with Gasteiger partial charge in [0.25, 0.3) is 0 Å². The first kappa shape index (κ1) is 31.3. The predicted molar refractivity (Wildman–Crippen MR) is 143 cm³/mol. The Morgan fingerprint density at radius 3 is 2.14 bits per heavy atom. The van der Waals surface area contributed by atoms with Crippen LogP contribution in [-0.4, -0.2) is 51.6 Å². The summed E-state index contributed by atoms with van der Waals surface area (Å²) >= 11 is 0. The van der Waals surface area contributed by atoms with Crippen molar-refractivity contribution in [1.29, 1.82) is 0 Å². The molecule has 2 unspecified atom stereocenters. The molecule has 3 amide bonds. The molecule has 0 saturated carbocycles. The van der Waals surface area contributed by atoms with Gasteiger partial charge >= 0.3 is 6.09 Å². The fraction of sp³-hybridized carbons (Fsp3) is 0.679. The molecule has 0 aliphatic heterocycles. The van der Waals surface area contributed by atoms with Gasteiger partial charge in [-0.3, -0.25) is 9.59 Å². The van der Waals surface area contributed by atoms with Gasteiger partial charge in [0.2, 0.25) is 11.8 Å². The molecule has 0 spiro atoms. The van der Waals surface area contributed by atoms with Crippen LogP contribution in [0.25, 0.3) is 0 Å². The predicted octanol–water partition coefficient (Wildman–Crippen LogP) is 5.22. The van der Waals surface area contributed by atoms with E-state index in [0.717, 1.165) is 12.8 Å². The molecule has 1 aromatic rings. The van der Waals surface area contributed by atoms with Crippen molar-refractivity contribution >= 4 is 17.9 Å². The van der Waals surface area contributed by atoms with E-state index in [4.69, 9.17) is 4.74 Å². The van der Waals surface area contributed by atoms with Gasteiger partial charge in [0.15, 0.2) is 0 Å². The van der Waals surface area contributed by atoms with Crippen molar-refractivity contribution in [2.24, 2.45) is 5.92 Å². The van der Waals surface area contributed by atoms with E-state index in [1.807, 2.05) is 34.6 Å². The van der Waals surface area contributed by atoms with Crippen LogP contribution in [0.4, 0.5) is 4.79 Å². The highest BCUT2D eigenvalue weighted by Crippen LogP contribution is 2.29. The second-order valence-corrected chi connectivity index (χ2v) is 11.8. The Morgan fingerprint density at radius 1 is 1.06 bits per heavy atom. The molecule has 0 aliphatic rings. The van der Waals surface area contributed by atoms with Gasteiger partial charge in [-0.15, -0.1) is 0 Å². The van der Waals surface area contributed by atoms with Gasteiger partial charge in [-0.25, -0.2) is 4.79 Å². The van der Waals surface area contributed by atoms with E-state index in [1.54, 1.807) is 44.7 Å². The van der Waals surface area contributed by atoms with Crippen molar-refractivity contribution in [1.82, 2.24) is 15.5 Å². The average Bonchev–Trinajstić information content (AvgIpc) is 2.70. The highest BCUT2D eigenvalue weighted by atomic mass is 16.6. The number of aryl methyl sites for hydroxylation is 1. The molecule has 3 N–H and O–H groups in total. The number of nitrogens with zero attached hydrogens (tertiary/aromatic N) is 1. The maximum Gasteiger partial charge on any atom is 0.408 e. The summed E-state index contributed by atoms with van der Waals surface area (Å²) in [6, 6.07) is 3.11. The number of rotatable bonds is 10. The molecule has 1 rings (SSSR count). The number of ether oxygens (including phenoxy) is 1. The Kier molecular flexibility index (Phi) is 11.3. The lowest BCUT2D eigenvalue weighted by Crippen LogP contribution is -2.56. The van der Waals surface area contributed by atoms with Gasteiger partial charge in [0.1, 0.15) is 23.4 Å². The minimum Gasteiger partial charge on any atom is -0.508 e. The minimum atomic E-state index is -0.936. The number of aromatic hydroxyl groups is 1. The SMILES string of the molecule is CCCCCN(C(=O)C(NC(=O)OC(C)(C)C)C(C)C)C(C(=O)NC(C)(C)C)c1ccc(O)c(C)c1. The maximum absolute atomic E-state index is 14.0. The molecule has 8 nitrogen and oxygen atoms in total. The Morgan fingerprint density at radius 2 is 1.67 bits per heavy atom. The van der Waals surface area contributed by atoms with E-state index in [1.165, 1.54) is 6.07 Å². The molecule has 0 saturated heterocycles. The van der Waals surface area contributed by atoms with Crippen LogP contribution in [0.15, 0.2) is 18.2 Å². The monoisotopic (exact) mass is 505 g/mol. The largest absolute Gasteiger partial charge is 0.508 e. The lowest BCUT2D eigenvalue weighted by molar-refractivity contribution is -0.144. The number of hydrogen-bond acceptors (Lipinski definition) is 5. The molecular formula is C28H47N3O5. The summed E-state index contributed by atoms with van der Waals surface area (Å²) in [6.07, 6.45) is 1.86. The molecule has 0 bridgehead atoms. The third-order valence-electron chi connectivity index (χ3n) is 5.49. The number of unbranched alkanes of at least 4 members (excludes halogenated alkanes) is 2. The summed E-state index contributed by atoms with van der Waals surface area (Å²) in [5, 5.41) is 15.8. The fourth-order valence-electron chi connectivity index (χ4n) is 3.78. The van der Waals surface area contributed by atoms with E-state index in [-0.39, 0.29) is 23.5 Å². The molecule has 1 aromatic carbocycles. The summed E-state index contributed by atoms with van der Waals surface area (Å²) in [5.41, 5.74) is -0.0363. The molecule has 0 heterocycles. The number of phenolic OH excluding ortho intramolecular Hbond substituents is 1. The standard InChI is InChI=1S/C28H47N3O5/c1-11-12-13-16-31(25(34)22(18(2)3)29-26(35)36-28(8,9)10)23(24(33)30-27(5,6)7)20-14-15-21(32)19(4)17-20/h14-15,17-18,22-23,32H,11-13,16H2,1-10H3,(H,29,35)(H,30,33). The topological polar surface area (TPSA) is 108 Å². The number of nitrogens with one attached hydrogen (secondary N) is 2. The number of hydrogen-bond donors (Lipinski definition) is 3. The Balaban J connectivity index is 3.55. The average molecular weight is 506 g/mol. The highest BCUT2D eigenvalue weighted by Gasteiger charge is 2.38. The quantitative estimate of drug-likeness (QED) is 0.378. The first-order chi connectivity index (χ1) is 16.5. The second kappa shape index (κ2) is 13.0. The van der Waals surface area contributed by atoms with Crippen LogP contribution in [-0.2, 0) is 14.3 Å². The molecule has 0 aliphatic carbocycles. The van der Waals surface area contributed by atoms with Gasteiger partial charge in [0.05, 0.1) is 0 Å². The van der Waals surface area contributed by atoms with Gasteiger partial charge in [-0.05, 0) is 84.1 Å². The van der Waals surface area contributed by atoms with Crippen molar-refractivity contribution in [3.8, 4) is 5.75 Å². The lowest BCUT2D eigenvalue weighted by Gasteiger charge is -2.37. The van der Waals surface area contributed by atoms with E-state index < -0.39 is 29.3 Å². The summed E-state index contributed by atoms with van der Waals surface area (Å²) in [6.45, 7) is 18.8. The molecular weight excluding hydrogens is 458 g/mol. The third kappa shape index (κ3) is 10.1.